The minimum Gasteiger partial charge on any atom is -0.322 e. The van der Waals surface area contributed by atoms with E-state index in [2.05, 4.69) is 37.1 Å². The van der Waals surface area contributed by atoms with Crippen LogP contribution in [0.15, 0.2) is 18.2 Å². The molecule has 1 fully saturated rings. The first-order chi connectivity index (χ1) is 9.49. The lowest BCUT2D eigenvalue weighted by atomic mass is 10.1. The SMILES string of the molecule is Cc1cccc(NC(=O)N2CCN(C(C)C)CC2)c1C. The third-order valence-corrected chi connectivity index (χ3v) is 4.18. The molecule has 1 aliphatic rings. The van der Waals surface area contributed by atoms with Gasteiger partial charge in [-0.2, -0.15) is 0 Å². The zero-order chi connectivity index (χ0) is 14.7. The van der Waals surface area contributed by atoms with E-state index in [4.69, 9.17) is 0 Å². The second kappa shape index (κ2) is 6.27. The standard InChI is InChI=1S/C16H25N3O/c1-12(2)18-8-10-19(11-9-18)16(20)17-15-7-5-6-13(3)14(15)4/h5-7,12H,8-11H2,1-4H3,(H,17,20). The summed E-state index contributed by atoms with van der Waals surface area (Å²) in [6, 6.07) is 6.58. The monoisotopic (exact) mass is 275 g/mol. The number of hydrogen-bond donors (Lipinski definition) is 1. The first-order valence-electron chi connectivity index (χ1n) is 7.35. The minimum absolute atomic E-state index is 0.0158. The molecule has 4 heteroatoms. The Labute approximate surface area is 121 Å². The number of piperazine rings is 1. The molecule has 0 aliphatic carbocycles. The Morgan fingerprint density at radius 1 is 1.15 bits per heavy atom. The first kappa shape index (κ1) is 14.9. The molecule has 20 heavy (non-hydrogen) atoms. The van der Waals surface area contributed by atoms with Gasteiger partial charge in [-0.05, 0) is 44.9 Å². The second-order valence-electron chi connectivity index (χ2n) is 5.79. The predicted molar refractivity (Wildman–Crippen MR) is 83.2 cm³/mol. The largest absolute Gasteiger partial charge is 0.322 e. The van der Waals surface area contributed by atoms with E-state index in [9.17, 15) is 4.79 Å². The fourth-order valence-corrected chi connectivity index (χ4v) is 2.52. The van der Waals surface area contributed by atoms with Crippen LogP contribution in [0.3, 0.4) is 0 Å². The molecule has 4 nitrogen and oxygen atoms in total. The van der Waals surface area contributed by atoms with Gasteiger partial charge < -0.3 is 10.2 Å². The van der Waals surface area contributed by atoms with Crippen molar-refractivity contribution in [3.63, 3.8) is 0 Å². The number of benzene rings is 1. The second-order valence-corrected chi connectivity index (χ2v) is 5.79. The molecule has 0 atom stereocenters. The topological polar surface area (TPSA) is 35.6 Å². The number of carbonyl (C=O) groups excluding carboxylic acids is 1. The molecule has 0 aromatic heterocycles. The van der Waals surface area contributed by atoms with E-state index in [1.54, 1.807) is 0 Å². The van der Waals surface area contributed by atoms with E-state index in [0.29, 0.717) is 6.04 Å². The van der Waals surface area contributed by atoms with Crippen LogP contribution in [0.2, 0.25) is 0 Å². The molecule has 1 heterocycles. The summed E-state index contributed by atoms with van der Waals surface area (Å²) in [4.78, 5) is 16.6. The van der Waals surface area contributed by atoms with Crippen molar-refractivity contribution < 1.29 is 4.79 Å². The smallest absolute Gasteiger partial charge is 0.321 e. The van der Waals surface area contributed by atoms with Gasteiger partial charge in [0, 0.05) is 37.9 Å². The zero-order valence-corrected chi connectivity index (χ0v) is 12.9. The fraction of sp³-hybridized carbons (Fsp3) is 0.562. The normalized spacial score (nSPS) is 16.6. The Balaban J connectivity index is 1.95. The molecule has 0 bridgehead atoms. The van der Waals surface area contributed by atoms with Gasteiger partial charge >= 0.3 is 6.03 Å². The van der Waals surface area contributed by atoms with Gasteiger partial charge in [0.2, 0.25) is 0 Å². The summed E-state index contributed by atoms with van der Waals surface area (Å²) in [5, 5.41) is 3.03. The number of amides is 2. The molecule has 0 spiro atoms. The summed E-state index contributed by atoms with van der Waals surface area (Å²) in [5.74, 6) is 0. The van der Waals surface area contributed by atoms with Crippen molar-refractivity contribution in [1.82, 2.24) is 9.80 Å². The molecule has 2 amide bonds. The van der Waals surface area contributed by atoms with Gasteiger partial charge in [-0.15, -0.1) is 0 Å². The van der Waals surface area contributed by atoms with Crippen LogP contribution in [0.4, 0.5) is 10.5 Å². The lowest BCUT2D eigenvalue weighted by Crippen LogP contribution is -2.51. The van der Waals surface area contributed by atoms with Gasteiger partial charge in [-0.1, -0.05) is 12.1 Å². The summed E-state index contributed by atoms with van der Waals surface area (Å²) < 4.78 is 0. The summed E-state index contributed by atoms with van der Waals surface area (Å²) >= 11 is 0. The molecular weight excluding hydrogens is 250 g/mol. The highest BCUT2D eigenvalue weighted by molar-refractivity contribution is 5.90. The predicted octanol–water partition coefficient (Wildman–Crippen LogP) is 2.86. The summed E-state index contributed by atoms with van der Waals surface area (Å²) in [5.41, 5.74) is 3.26. The van der Waals surface area contributed by atoms with E-state index in [-0.39, 0.29) is 6.03 Å². The van der Waals surface area contributed by atoms with E-state index in [1.165, 1.54) is 5.56 Å². The zero-order valence-electron chi connectivity index (χ0n) is 12.9. The molecule has 1 aliphatic heterocycles. The maximum absolute atomic E-state index is 12.3. The summed E-state index contributed by atoms with van der Waals surface area (Å²) in [7, 11) is 0. The fourth-order valence-electron chi connectivity index (χ4n) is 2.52. The van der Waals surface area contributed by atoms with Crippen LogP contribution in [-0.4, -0.2) is 48.1 Å². The highest BCUT2D eigenvalue weighted by Crippen LogP contribution is 2.18. The van der Waals surface area contributed by atoms with Crippen LogP contribution in [0.1, 0.15) is 25.0 Å². The number of nitrogens with zero attached hydrogens (tertiary/aromatic N) is 2. The number of urea groups is 1. The maximum atomic E-state index is 12.3. The molecule has 1 aromatic carbocycles. The van der Waals surface area contributed by atoms with Crippen LogP contribution in [-0.2, 0) is 0 Å². The summed E-state index contributed by atoms with van der Waals surface area (Å²) in [6.07, 6.45) is 0. The van der Waals surface area contributed by atoms with Crippen LogP contribution < -0.4 is 5.32 Å². The van der Waals surface area contributed by atoms with Crippen molar-refractivity contribution in [1.29, 1.82) is 0 Å². The quantitative estimate of drug-likeness (QED) is 0.901. The summed E-state index contributed by atoms with van der Waals surface area (Å²) in [6.45, 7) is 12.0. The minimum atomic E-state index is 0.0158. The van der Waals surface area contributed by atoms with Crippen LogP contribution in [0, 0.1) is 13.8 Å². The van der Waals surface area contributed by atoms with Crippen molar-refractivity contribution in [2.75, 3.05) is 31.5 Å². The molecular formula is C16H25N3O. The third kappa shape index (κ3) is 3.31. The van der Waals surface area contributed by atoms with Gasteiger partial charge in [0.25, 0.3) is 0 Å². The van der Waals surface area contributed by atoms with Crippen molar-refractivity contribution in [2.45, 2.75) is 33.7 Å². The number of hydrogen-bond acceptors (Lipinski definition) is 2. The van der Waals surface area contributed by atoms with Gasteiger partial charge in [0.1, 0.15) is 0 Å². The molecule has 1 N–H and O–H groups in total. The Hall–Kier alpha value is -1.55. The van der Waals surface area contributed by atoms with Crippen LogP contribution in [0.25, 0.3) is 0 Å². The molecule has 0 saturated carbocycles. The van der Waals surface area contributed by atoms with Crippen LogP contribution >= 0.6 is 0 Å². The average molecular weight is 275 g/mol. The van der Waals surface area contributed by atoms with Crippen molar-refractivity contribution in [3.05, 3.63) is 29.3 Å². The number of rotatable bonds is 2. The third-order valence-electron chi connectivity index (χ3n) is 4.18. The van der Waals surface area contributed by atoms with E-state index in [0.717, 1.165) is 37.4 Å². The van der Waals surface area contributed by atoms with E-state index in [1.807, 2.05) is 24.0 Å². The molecule has 0 radical (unpaired) electrons. The Kier molecular flexibility index (Phi) is 4.65. The number of nitrogens with one attached hydrogen (secondary N) is 1. The molecule has 2 rings (SSSR count). The molecule has 1 aromatic rings. The molecule has 110 valence electrons. The average Bonchev–Trinajstić information content (AvgIpc) is 2.44. The van der Waals surface area contributed by atoms with E-state index < -0.39 is 0 Å². The van der Waals surface area contributed by atoms with Crippen molar-refractivity contribution in [3.8, 4) is 0 Å². The van der Waals surface area contributed by atoms with Crippen molar-refractivity contribution in [2.24, 2.45) is 0 Å². The Morgan fingerprint density at radius 3 is 2.40 bits per heavy atom. The highest BCUT2D eigenvalue weighted by Gasteiger charge is 2.22. The highest BCUT2D eigenvalue weighted by atomic mass is 16.2. The van der Waals surface area contributed by atoms with Gasteiger partial charge in [-0.25, -0.2) is 4.79 Å². The van der Waals surface area contributed by atoms with Gasteiger partial charge in [-0.3, -0.25) is 4.90 Å². The number of anilines is 1. The van der Waals surface area contributed by atoms with E-state index >= 15 is 0 Å². The molecule has 0 unspecified atom stereocenters. The molecule has 1 saturated heterocycles. The Bertz CT molecular complexity index is 477. The van der Waals surface area contributed by atoms with Crippen LogP contribution in [0.5, 0.6) is 0 Å². The lowest BCUT2D eigenvalue weighted by molar-refractivity contribution is 0.125. The number of aryl methyl sites for hydroxylation is 1. The van der Waals surface area contributed by atoms with Gasteiger partial charge in [0.15, 0.2) is 0 Å². The number of carbonyl (C=O) groups is 1. The van der Waals surface area contributed by atoms with Crippen molar-refractivity contribution >= 4 is 11.7 Å². The van der Waals surface area contributed by atoms with Gasteiger partial charge in [0.05, 0.1) is 0 Å². The Morgan fingerprint density at radius 2 is 1.80 bits per heavy atom. The lowest BCUT2D eigenvalue weighted by Gasteiger charge is -2.36. The first-order valence-corrected chi connectivity index (χ1v) is 7.35. The maximum Gasteiger partial charge on any atom is 0.321 e.